The maximum atomic E-state index is 11.1. The van der Waals surface area contributed by atoms with Gasteiger partial charge in [-0.1, -0.05) is 6.58 Å². The second kappa shape index (κ2) is 8.01. The molecule has 16 heavy (non-hydrogen) atoms. The third-order valence-corrected chi connectivity index (χ3v) is 1.86. The minimum atomic E-state index is -0.576. The Kier molecular flexibility index (Phi) is 7.41. The highest BCUT2D eigenvalue weighted by molar-refractivity contribution is 6.42. The number of likely N-dealkylation sites (N-methyl/N-ethyl adjacent to an activating group) is 1. The lowest BCUT2D eigenvalue weighted by atomic mass is 10.2. The largest absolute Gasteiger partial charge is 0.380 e. The van der Waals surface area contributed by atoms with Gasteiger partial charge in [-0.25, -0.2) is 0 Å². The number of ether oxygens (including phenoxy) is 1. The van der Waals surface area contributed by atoms with Crippen LogP contribution in [0, 0.1) is 0 Å². The van der Waals surface area contributed by atoms with Gasteiger partial charge in [-0.2, -0.15) is 0 Å². The Hall–Kier alpha value is -1.20. The van der Waals surface area contributed by atoms with Gasteiger partial charge in [0.1, 0.15) is 0 Å². The summed E-state index contributed by atoms with van der Waals surface area (Å²) in [5.41, 5.74) is 0.128. The number of ketones is 2. The van der Waals surface area contributed by atoms with E-state index >= 15 is 0 Å². The van der Waals surface area contributed by atoms with Crippen molar-refractivity contribution in [1.29, 1.82) is 0 Å². The summed E-state index contributed by atoms with van der Waals surface area (Å²) in [4.78, 5) is 23.8. The van der Waals surface area contributed by atoms with Crippen LogP contribution in [-0.2, 0) is 14.3 Å². The number of rotatable bonds is 9. The molecule has 0 spiro atoms. The van der Waals surface area contributed by atoms with Crippen molar-refractivity contribution in [3.63, 3.8) is 0 Å². The smallest absolute Gasteiger partial charge is 0.243 e. The van der Waals surface area contributed by atoms with Gasteiger partial charge in [-0.15, -0.1) is 0 Å². The van der Waals surface area contributed by atoms with Crippen LogP contribution >= 0.6 is 0 Å². The summed E-state index contributed by atoms with van der Waals surface area (Å²) < 4.78 is 5.29. The van der Waals surface area contributed by atoms with Crippen molar-refractivity contribution < 1.29 is 14.3 Å². The molecule has 0 fully saturated rings. The van der Waals surface area contributed by atoms with Gasteiger partial charge in [-0.3, -0.25) is 9.59 Å². The number of carbonyl (C=O) groups excluding carboxylic acids is 2. The summed E-state index contributed by atoms with van der Waals surface area (Å²) in [6.07, 6.45) is 0. The number of hydrogen-bond acceptors (Lipinski definition) is 5. The first kappa shape index (κ1) is 14.8. The van der Waals surface area contributed by atoms with Crippen LogP contribution < -0.4 is 5.32 Å². The number of carbonyl (C=O) groups is 2. The molecule has 0 aliphatic rings. The van der Waals surface area contributed by atoms with Gasteiger partial charge >= 0.3 is 0 Å². The van der Waals surface area contributed by atoms with Gasteiger partial charge in [0.2, 0.25) is 11.6 Å². The molecule has 0 bridgehead atoms. The van der Waals surface area contributed by atoms with E-state index < -0.39 is 11.6 Å². The topological polar surface area (TPSA) is 58.6 Å². The average Bonchev–Trinajstić information content (AvgIpc) is 2.21. The van der Waals surface area contributed by atoms with E-state index in [9.17, 15) is 9.59 Å². The van der Waals surface area contributed by atoms with Gasteiger partial charge in [0.15, 0.2) is 0 Å². The molecule has 0 aromatic rings. The predicted molar refractivity (Wildman–Crippen MR) is 62.2 cm³/mol. The Morgan fingerprint density at radius 1 is 1.31 bits per heavy atom. The van der Waals surface area contributed by atoms with Crippen molar-refractivity contribution in [2.75, 3.05) is 40.4 Å². The molecule has 0 aromatic heterocycles. The number of hydrogen-bond donors (Lipinski definition) is 1. The fourth-order valence-corrected chi connectivity index (χ4v) is 0.916. The molecule has 0 radical (unpaired) electrons. The van der Waals surface area contributed by atoms with Crippen LogP contribution in [0.2, 0.25) is 0 Å². The molecule has 0 saturated carbocycles. The molecule has 1 N–H and O–H groups in total. The first-order chi connectivity index (χ1) is 7.45. The van der Waals surface area contributed by atoms with E-state index in [-0.39, 0.29) is 5.70 Å². The summed E-state index contributed by atoms with van der Waals surface area (Å²) in [6.45, 7) is 7.16. The van der Waals surface area contributed by atoms with E-state index in [0.717, 1.165) is 6.54 Å². The Bertz CT molecular complexity index is 262. The van der Waals surface area contributed by atoms with Crippen molar-refractivity contribution in [2.45, 2.75) is 6.92 Å². The summed E-state index contributed by atoms with van der Waals surface area (Å²) in [5, 5.41) is 2.75. The van der Waals surface area contributed by atoms with Gasteiger partial charge in [0, 0.05) is 20.0 Å². The number of nitrogens with one attached hydrogen (secondary N) is 1. The second-order valence-electron chi connectivity index (χ2n) is 3.71. The van der Waals surface area contributed by atoms with Gasteiger partial charge in [0.05, 0.1) is 18.9 Å². The van der Waals surface area contributed by atoms with Crippen molar-refractivity contribution in [3.8, 4) is 0 Å². The highest BCUT2D eigenvalue weighted by Gasteiger charge is 2.10. The van der Waals surface area contributed by atoms with E-state index in [1.807, 2.05) is 19.0 Å². The Morgan fingerprint density at radius 2 is 1.94 bits per heavy atom. The predicted octanol–water partition coefficient (Wildman–Crippen LogP) is -0.174. The molecular weight excluding hydrogens is 208 g/mol. The zero-order chi connectivity index (χ0) is 12.6. The van der Waals surface area contributed by atoms with Crippen LogP contribution in [0.25, 0.3) is 0 Å². The quantitative estimate of drug-likeness (QED) is 0.337. The van der Waals surface area contributed by atoms with Gasteiger partial charge in [-0.05, 0) is 14.1 Å². The average molecular weight is 228 g/mol. The Balaban J connectivity index is 3.49. The normalized spacial score (nSPS) is 10.2. The standard InChI is InChI=1S/C11H20N2O3/c1-9(11(15)10(2)14)12-5-7-16-8-6-13(3)4/h12H,1,5-8H2,2-4H3. The first-order valence-corrected chi connectivity index (χ1v) is 5.15. The number of Topliss-reactive ketones (excluding diaryl/α,β-unsaturated/α-hetero) is 2. The summed E-state index contributed by atoms with van der Waals surface area (Å²) >= 11 is 0. The summed E-state index contributed by atoms with van der Waals surface area (Å²) in [5.74, 6) is -1.08. The molecule has 0 aliphatic heterocycles. The zero-order valence-corrected chi connectivity index (χ0v) is 10.2. The molecule has 92 valence electrons. The van der Waals surface area contributed by atoms with Crippen LogP contribution in [-0.4, -0.2) is 56.9 Å². The van der Waals surface area contributed by atoms with Crippen molar-refractivity contribution in [1.82, 2.24) is 10.2 Å². The van der Waals surface area contributed by atoms with Gasteiger partial charge in [0.25, 0.3) is 0 Å². The van der Waals surface area contributed by atoms with Crippen molar-refractivity contribution in [3.05, 3.63) is 12.3 Å². The molecule has 0 aromatic carbocycles. The van der Waals surface area contributed by atoms with Crippen LogP contribution in [0.15, 0.2) is 12.3 Å². The summed E-state index contributed by atoms with van der Waals surface area (Å²) in [7, 11) is 3.93. The van der Waals surface area contributed by atoms with E-state index in [2.05, 4.69) is 11.9 Å². The van der Waals surface area contributed by atoms with Crippen LogP contribution in [0.5, 0.6) is 0 Å². The lowest BCUT2D eigenvalue weighted by Gasteiger charge is -2.10. The lowest BCUT2D eigenvalue weighted by Crippen LogP contribution is -2.27. The lowest BCUT2D eigenvalue weighted by molar-refractivity contribution is -0.133. The Morgan fingerprint density at radius 3 is 2.44 bits per heavy atom. The molecule has 0 heterocycles. The minimum absolute atomic E-state index is 0.128. The number of allylic oxidation sites excluding steroid dienone is 1. The van der Waals surface area contributed by atoms with Gasteiger partial charge < -0.3 is 15.0 Å². The fourth-order valence-electron chi connectivity index (χ4n) is 0.916. The van der Waals surface area contributed by atoms with Crippen LogP contribution in [0.1, 0.15) is 6.92 Å². The van der Waals surface area contributed by atoms with E-state index in [0.29, 0.717) is 19.8 Å². The molecule has 0 rings (SSSR count). The molecule has 5 nitrogen and oxygen atoms in total. The maximum absolute atomic E-state index is 11.1. The van der Waals surface area contributed by atoms with Crippen LogP contribution in [0.4, 0.5) is 0 Å². The first-order valence-electron chi connectivity index (χ1n) is 5.15. The molecule has 0 unspecified atom stereocenters. The molecule has 0 saturated heterocycles. The molecule has 5 heteroatoms. The Labute approximate surface area is 96.4 Å². The summed E-state index contributed by atoms with van der Waals surface area (Å²) in [6, 6.07) is 0. The van der Waals surface area contributed by atoms with Crippen molar-refractivity contribution in [2.24, 2.45) is 0 Å². The monoisotopic (exact) mass is 228 g/mol. The number of nitrogens with zero attached hydrogens (tertiary/aromatic N) is 1. The third kappa shape index (κ3) is 7.14. The van der Waals surface area contributed by atoms with E-state index in [1.54, 1.807) is 0 Å². The fraction of sp³-hybridized carbons (Fsp3) is 0.636. The van der Waals surface area contributed by atoms with Crippen LogP contribution in [0.3, 0.4) is 0 Å². The zero-order valence-electron chi connectivity index (χ0n) is 10.2. The molecule has 0 aliphatic carbocycles. The SMILES string of the molecule is C=C(NCCOCCN(C)C)C(=O)C(C)=O. The molecule has 0 amide bonds. The highest BCUT2D eigenvalue weighted by atomic mass is 16.5. The molecule has 0 atom stereocenters. The second-order valence-corrected chi connectivity index (χ2v) is 3.71. The molecular formula is C11H20N2O3. The van der Waals surface area contributed by atoms with Crippen molar-refractivity contribution >= 4 is 11.6 Å². The minimum Gasteiger partial charge on any atom is -0.380 e. The third-order valence-electron chi connectivity index (χ3n) is 1.86. The van der Waals surface area contributed by atoms with E-state index in [4.69, 9.17) is 4.74 Å². The highest BCUT2D eigenvalue weighted by Crippen LogP contribution is 1.88. The maximum Gasteiger partial charge on any atom is 0.243 e. The van der Waals surface area contributed by atoms with E-state index in [1.165, 1.54) is 6.92 Å².